The number of anilines is 1. The van der Waals surface area contributed by atoms with E-state index in [4.69, 9.17) is 0 Å². The molecule has 10 heteroatoms. The van der Waals surface area contributed by atoms with Crippen molar-refractivity contribution in [2.45, 2.75) is 0 Å². The number of nitrogens with zero attached hydrogens (tertiary/aromatic N) is 3. The lowest BCUT2D eigenvalue weighted by Gasteiger charge is -2.22. The van der Waals surface area contributed by atoms with Crippen molar-refractivity contribution in [3.63, 3.8) is 0 Å². The van der Waals surface area contributed by atoms with E-state index in [2.05, 4.69) is 4.98 Å². The fourth-order valence-corrected chi connectivity index (χ4v) is 3.48. The molecule has 0 unspecified atom stereocenters. The number of fused-ring (bicyclic) bond motifs is 1. The van der Waals surface area contributed by atoms with Crippen molar-refractivity contribution in [2.75, 3.05) is 32.1 Å². The maximum Gasteiger partial charge on any atom is 0.263 e. The summed E-state index contributed by atoms with van der Waals surface area (Å²) in [4.78, 5) is 19.9. The van der Waals surface area contributed by atoms with Gasteiger partial charge in [-0.2, -0.15) is 0 Å². The summed E-state index contributed by atoms with van der Waals surface area (Å²) in [6, 6.07) is 4.46. The van der Waals surface area contributed by atoms with Crippen molar-refractivity contribution in [2.24, 2.45) is 0 Å². The van der Waals surface area contributed by atoms with Gasteiger partial charge in [0.2, 0.25) is 0 Å². The highest BCUT2D eigenvalue weighted by molar-refractivity contribution is 7.22. The largest absolute Gasteiger partial charge is 0.308 e. The van der Waals surface area contributed by atoms with Crippen LogP contribution in [-0.4, -0.2) is 43.0 Å². The summed E-state index contributed by atoms with van der Waals surface area (Å²) in [5.41, 5.74) is -0.403. The number of hydrogen-bond donors (Lipinski definition) is 0. The van der Waals surface area contributed by atoms with Gasteiger partial charge in [0.25, 0.3) is 5.91 Å². The van der Waals surface area contributed by atoms with E-state index in [0.717, 1.165) is 29.5 Å². The van der Waals surface area contributed by atoms with Crippen LogP contribution in [0.3, 0.4) is 0 Å². The Hall–Kier alpha value is -2.23. The van der Waals surface area contributed by atoms with Gasteiger partial charge in [-0.15, -0.1) is 12.4 Å². The maximum absolute atomic E-state index is 14.1. The van der Waals surface area contributed by atoms with E-state index >= 15 is 0 Å². The lowest BCUT2D eigenvalue weighted by atomic mass is 10.2. The van der Waals surface area contributed by atoms with Crippen LogP contribution in [0.15, 0.2) is 30.3 Å². The number of thiazole rings is 1. The smallest absolute Gasteiger partial charge is 0.263 e. The van der Waals surface area contributed by atoms with Crippen molar-refractivity contribution in [3.8, 4) is 0 Å². The fraction of sp³-hybridized carbons (Fsp3) is 0.222. The third-order valence-electron chi connectivity index (χ3n) is 3.81. The first-order valence-electron chi connectivity index (χ1n) is 7.93. The monoisotopic (exact) mass is 433 g/mol. The van der Waals surface area contributed by atoms with Crippen LogP contribution >= 0.6 is 23.7 Å². The SMILES string of the molecule is CN(C)CCN(C(=O)c1ccc(F)cc1F)c1nc2c(F)cc(F)cc2s1.Cl. The number of amides is 1. The minimum absolute atomic E-state index is 0. The average Bonchev–Trinajstić information content (AvgIpc) is 2.98. The van der Waals surface area contributed by atoms with Crippen LogP contribution in [0.4, 0.5) is 22.7 Å². The zero-order valence-electron chi connectivity index (χ0n) is 14.9. The third kappa shape index (κ3) is 4.60. The van der Waals surface area contributed by atoms with Gasteiger partial charge in [0.05, 0.1) is 10.3 Å². The molecule has 150 valence electrons. The summed E-state index contributed by atoms with van der Waals surface area (Å²) in [7, 11) is 3.57. The first kappa shape index (κ1) is 22.1. The van der Waals surface area contributed by atoms with E-state index in [-0.39, 0.29) is 39.9 Å². The second-order valence-corrected chi connectivity index (χ2v) is 7.12. The number of hydrogen-bond acceptors (Lipinski definition) is 4. The molecule has 0 aliphatic heterocycles. The predicted molar refractivity (Wildman–Crippen MR) is 103 cm³/mol. The topological polar surface area (TPSA) is 36.4 Å². The van der Waals surface area contributed by atoms with Crippen LogP contribution < -0.4 is 4.90 Å². The molecule has 2 aromatic carbocycles. The summed E-state index contributed by atoms with van der Waals surface area (Å²) < 4.78 is 54.9. The first-order valence-corrected chi connectivity index (χ1v) is 8.75. The summed E-state index contributed by atoms with van der Waals surface area (Å²) in [6.07, 6.45) is 0. The van der Waals surface area contributed by atoms with Gasteiger partial charge in [0.15, 0.2) is 10.9 Å². The minimum atomic E-state index is -1.01. The summed E-state index contributed by atoms with van der Waals surface area (Å²) in [5, 5.41) is 0.102. The molecule has 1 heterocycles. The van der Waals surface area contributed by atoms with Crippen LogP contribution in [0.25, 0.3) is 10.2 Å². The molecule has 28 heavy (non-hydrogen) atoms. The molecular formula is C18H16ClF4N3OS. The van der Waals surface area contributed by atoms with E-state index < -0.39 is 29.2 Å². The molecule has 3 aromatic rings. The standard InChI is InChI=1S/C18H15F4N3OS.ClH/c1-24(2)5-6-25(17(26)12-4-3-10(19)7-13(12)21)18-23-16-14(22)8-11(20)9-15(16)27-18;/h3-4,7-9H,5-6H2,1-2H3;1H. The maximum atomic E-state index is 14.1. The molecule has 0 atom stereocenters. The average molecular weight is 434 g/mol. The van der Waals surface area contributed by atoms with Crippen molar-refractivity contribution >= 4 is 45.0 Å². The van der Waals surface area contributed by atoms with Crippen LogP contribution in [0.2, 0.25) is 0 Å². The molecule has 1 amide bonds. The van der Waals surface area contributed by atoms with Crippen molar-refractivity contribution in [1.82, 2.24) is 9.88 Å². The molecule has 0 saturated carbocycles. The first-order chi connectivity index (χ1) is 12.8. The Kier molecular flexibility index (Phi) is 6.97. The fourth-order valence-electron chi connectivity index (χ4n) is 2.45. The van der Waals surface area contributed by atoms with Crippen molar-refractivity contribution < 1.29 is 22.4 Å². The van der Waals surface area contributed by atoms with Crippen LogP contribution in [0.1, 0.15) is 10.4 Å². The molecule has 0 aliphatic carbocycles. The van der Waals surface area contributed by atoms with E-state index in [0.29, 0.717) is 18.7 Å². The minimum Gasteiger partial charge on any atom is -0.308 e. The number of halogens is 5. The molecule has 0 radical (unpaired) electrons. The van der Waals surface area contributed by atoms with Gasteiger partial charge >= 0.3 is 0 Å². The quantitative estimate of drug-likeness (QED) is 0.556. The Morgan fingerprint density at radius 2 is 1.68 bits per heavy atom. The Balaban J connectivity index is 0.00000280. The Morgan fingerprint density at radius 1 is 1.00 bits per heavy atom. The highest BCUT2D eigenvalue weighted by Gasteiger charge is 2.25. The number of carbonyl (C=O) groups is 1. The number of benzene rings is 2. The molecule has 0 aliphatic rings. The van der Waals surface area contributed by atoms with E-state index in [1.807, 2.05) is 0 Å². The summed E-state index contributed by atoms with van der Waals surface area (Å²) in [5.74, 6) is -4.16. The molecule has 3 rings (SSSR count). The molecule has 4 nitrogen and oxygen atoms in total. The molecule has 1 aromatic heterocycles. The number of likely N-dealkylation sites (N-methyl/N-ethyl adjacent to an activating group) is 1. The summed E-state index contributed by atoms with van der Waals surface area (Å²) in [6.45, 7) is 0.549. The lowest BCUT2D eigenvalue weighted by Crippen LogP contribution is -2.37. The third-order valence-corrected chi connectivity index (χ3v) is 4.84. The Bertz CT molecular complexity index is 1010. The molecule has 0 N–H and O–H groups in total. The second-order valence-electron chi connectivity index (χ2n) is 6.12. The Morgan fingerprint density at radius 3 is 2.32 bits per heavy atom. The number of carbonyl (C=O) groups excluding carboxylic acids is 1. The van der Waals surface area contributed by atoms with Gasteiger partial charge < -0.3 is 4.90 Å². The van der Waals surface area contributed by atoms with E-state index in [9.17, 15) is 22.4 Å². The highest BCUT2D eigenvalue weighted by Crippen LogP contribution is 2.32. The molecule has 0 bridgehead atoms. The van der Waals surface area contributed by atoms with Crippen LogP contribution in [0, 0.1) is 23.3 Å². The van der Waals surface area contributed by atoms with Gasteiger partial charge in [-0.3, -0.25) is 9.69 Å². The van der Waals surface area contributed by atoms with Crippen LogP contribution in [0.5, 0.6) is 0 Å². The van der Waals surface area contributed by atoms with Gasteiger partial charge in [-0.05, 0) is 32.3 Å². The molecular weight excluding hydrogens is 418 g/mol. The van der Waals surface area contributed by atoms with Gasteiger partial charge in [-0.25, -0.2) is 22.5 Å². The number of aromatic nitrogens is 1. The zero-order valence-corrected chi connectivity index (χ0v) is 16.5. The van der Waals surface area contributed by atoms with E-state index in [1.54, 1.807) is 19.0 Å². The Labute approximate surface area is 168 Å². The normalized spacial score (nSPS) is 11.0. The summed E-state index contributed by atoms with van der Waals surface area (Å²) >= 11 is 0.916. The molecule has 0 spiro atoms. The van der Waals surface area contributed by atoms with E-state index in [1.165, 1.54) is 4.90 Å². The van der Waals surface area contributed by atoms with Crippen molar-refractivity contribution in [1.29, 1.82) is 0 Å². The van der Waals surface area contributed by atoms with Gasteiger partial charge in [-0.1, -0.05) is 11.3 Å². The van der Waals surface area contributed by atoms with Crippen LogP contribution in [-0.2, 0) is 0 Å². The highest BCUT2D eigenvalue weighted by atomic mass is 35.5. The zero-order chi connectivity index (χ0) is 19.7. The van der Waals surface area contributed by atoms with Gasteiger partial charge in [0.1, 0.15) is 23.0 Å². The second kappa shape index (κ2) is 8.85. The van der Waals surface area contributed by atoms with Crippen molar-refractivity contribution in [3.05, 3.63) is 59.2 Å². The number of rotatable bonds is 5. The molecule has 0 fully saturated rings. The van der Waals surface area contributed by atoms with Gasteiger partial charge in [0, 0.05) is 25.2 Å². The predicted octanol–water partition coefficient (Wildman–Crippen LogP) is 4.48. The molecule has 0 saturated heterocycles. The lowest BCUT2D eigenvalue weighted by molar-refractivity contribution is 0.0981.